The van der Waals surface area contributed by atoms with Crippen molar-refractivity contribution in [1.29, 1.82) is 0 Å². The van der Waals surface area contributed by atoms with Crippen molar-refractivity contribution in [3.8, 4) is 0 Å². The molecule has 0 saturated carbocycles. The summed E-state index contributed by atoms with van der Waals surface area (Å²) < 4.78 is 0. The normalized spacial score (nSPS) is 20.9. The van der Waals surface area contributed by atoms with Crippen molar-refractivity contribution in [3.05, 3.63) is 21.4 Å². The largest absolute Gasteiger partial charge is 0.355 e. The Hall–Kier alpha value is -1.40. The molecule has 2 heterocycles. The van der Waals surface area contributed by atoms with E-state index in [-0.39, 0.29) is 17.7 Å². The topological polar surface area (TPSA) is 75.4 Å². The van der Waals surface area contributed by atoms with Gasteiger partial charge in [0, 0.05) is 36.4 Å². The van der Waals surface area contributed by atoms with Gasteiger partial charge in [0.2, 0.25) is 5.91 Å². The second kappa shape index (κ2) is 7.45. The molecule has 0 aromatic carbocycles. The van der Waals surface area contributed by atoms with Crippen LogP contribution in [0.5, 0.6) is 0 Å². The summed E-state index contributed by atoms with van der Waals surface area (Å²) >= 11 is 1.72. The van der Waals surface area contributed by atoms with E-state index < -0.39 is 0 Å². The molecule has 1 saturated heterocycles. The summed E-state index contributed by atoms with van der Waals surface area (Å²) in [7, 11) is 0. The molecule has 1 aliphatic carbocycles. The molecule has 1 aromatic rings. The number of piperidine rings is 1. The van der Waals surface area contributed by atoms with Crippen LogP contribution >= 0.6 is 11.3 Å². The molecule has 23 heavy (non-hydrogen) atoms. The van der Waals surface area contributed by atoms with Gasteiger partial charge in [-0.05, 0) is 44.1 Å². The van der Waals surface area contributed by atoms with Gasteiger partial charge in [-0.25, -0.2) is 0 Å². The molecule has 126 valence electrons. The number of rotatable bonds is 4. The highest BCUT2D eigenvalue weighted by molar-refractivity contribution is 7.10. The fraction of sp³-hybridized carbons (Fsp3) is 0.647. The maximum atomic E-state index is 12.9. The fourth-order valence-corrected chi connectivity index (χ4v) is 4.68. The molecule has 3 N–H and O–H groups in total. The summed E-state index contributed by atoms with van der Waals surface area (Å²) in [6.07, 6.45) is 6.27. The van der Waals surface area contributed by atoms with Gasteiger partial charge in [-0.15, -0.1) is 11.3 Å². The average molecular weight is 335 g/mol. The Labute approximate surface area is 141 Å². The highest BCUT2D eigenvalue weighted by atomic mass is 32.1. The van der Waals surface area contributed by atoms with Crippen LogP contribution in [0.15, 0.2) is 5.38 Å². The summed E-state index contributed by atoms with van der Waals surface area (Å²) in [6, 6.07) is 0. The Kier molecular flexibility index (Phi) is 5.33. The average Bonchev–Trinajstić information content (AvgIpc) is 3.03. The number of aryl methyl sites for hydroxylation is 1. The smallest absolute Gasteiger partial charge is 0.255 e. The van der Waals surface area contributed by atoms with E-state index >= 15 is 0 Å². The highest BCUT2D eigenvalue weighted by Gasteiger charge is 2.30. The van der Waals surface area contributed by atoms with Crippen LogP contribution in [0.3, 0.4) is 0 Å². The Balaban J connectivity index is 1.67. The van der Waals surface area contributed by atoms with Crippen LogP contribution in [-0.2, 0) is 17.6 Å². The number of thiophene rings is 1. The zero-order valence-electron chi connectivity index (χ0n) is 13.5. The monoisotopic (exact) mass is 335 g/mol. The first-order chi connectivity index (χ1) is 11.2. The van der Waals surface area contributed by atoms with Crippen molar-refractivity contribution >= 4 is 23.2 Å². The predicted molar refractivity (Wildman–Crippen MR) is 91.7 cm³/mol. The van der Waals surface area contributed by atoms with E-state index in [2.05, 4.69) is 5.32 Å². The maximum absolute atomic E-state index is 12.9. The van der Waals surface area contributed by atoms with Crippen molar-refractivity contribution in [2.24, 2.45) is 11.7 Å². The maximum Gasteiger partial charge on any atom is 0.255 e. The Morgan fingerprint density at radius 2 is 2.13 bits per heavy atom. The van der Waals surface area contributed by atoms with Gasteiger partial charge in [-0.2, -0.15) is 0 Å². The summed E-state index contributed by atoms with van der Waals surface area (Å²) in [5.74, 6) is 0.0368. The van der Waals surface area contributed by atoms with E-state index in [1.807, 2.05) is 10.3 Å². The number of nitrogens with zero attached hydrogens (tertiary/aromatic N) is 1. The van der Waals surface area contributed by atoms with Gasteiger partial charge in [0.15, 0.2) is 0 Å². The van der Waals surface area contributed by atoms with Gasteiger partial charge in [0.25, 0.3) is 5.91 Å². The number of hydrogen-bond acceptors (Lipinski definition) is 4. The van der Waals surface area contributed by atoms with Crippen molar-refractivity contribution < 1.29 is 9.59 Å². The quantitative estimate of drug-likeness (QED) is 0.877. The third kappa shape index (κ3) is 3.58. The zero-order valence-corrected chi connectivity index (χ0v) is 14.3. The van der Waals surface area contributed by atoms with E-state index in [1.165, 1.54) is 23.3 Å². The summed E-state index contributed by atoms with van der Waals surface area (Å²) in [5.41, 5.74) is 7.58. The van der Waals surface area contributed by atoms with E-state index in [0.29, 0.717) is 19.6 Å². The van der Waals surface area contributed by atoms with Crippen LogP contribution in [-0.4, -0.2) is 42.9 Å². The van der Waals surface area contributed by atoms with E-state index in [4.69, 9.17) is 5.73 Å². The number of carbonyl (C=O) groups excluding carboxylic acids is 2. The van der Waals surface area contributed by atoms with Crippen molar-refractivity contribution in [2.45, 2.75) is 38.5 Å². The molecular weight excluding hydrogens is 310 g/mol. The minimum absolute atomic E-state index is 0.0281. The zero-order chi connectivity index (χ0) is 16.2. The minimum Gasteiger partial charge on any atom is -0.355 e. The molecular formula is C17H25N3O2S. The second-order valence-corrected chi connectivity index (χ2v) is 7.39. The molecule has 6 heteroatoms. The third-order valence-electron chi connectivity index (χ3n) is 4.81. The van der Waals surface area contributed by atoms with Crippen LogP contribution in [0.1, 0.15) is 46.5 Å². The lowest BCUT2D eigenvalue weighted by molar-refractivity contribution is -0.126. The number of fused-ring (bicyclic) bond motifs is 1. The molecule has 1 unspecified atom stereocenters. The molecule has 0 bridgehead atoms. The third-order valence-corrected chi connectivity index (χ3v) is 5.90. The van der Waals surface area contributed by atoms with Crippen molar-refractivity contribution in [2.75, 3.05) is 26.2 Å². The number of likely N-dealkylation sites (tertiary alicyclic amines) is 1. The lowest BCUT2D eigenvalue weighted by atomic mass is 9.93. The minimum atomic E-state index is -0.103. The number of carbonyl (C=O) groups is 2. The standard InChI is InChI=1S/C17H25N3O2S/c18-7-8-19-16(21)12-4-3-9-20(10-12)17(22)14-11-23-15-6-2-1-5-13(14)15/h11-12H,1-10,18H2,(H,19,21). The summed E-state index contributed by atoms with van der Waals surface area (Å²) in [6.45, 7) is 2.23. The molecule has 5 nitrogen and oxygen atoms in total. The Bertz CT molecular complexity index is 584. The second-order valence-electron chi connectivity index (χ2n) is 6.43. The lowest BCUT2D eigenvalue weighted by Gasteiger charge is -2.32. The lowest BCUT2D eigenvalue weighted by Crippen LogP contribution is -2.46. The predicted octanol–water partition coefficient (Wildman–Crippen LogP) is 1.55. The van der Waals surface area contributed by atoms with Gasteiger partial charge < -0.3 is 16.0 Å². The molecule has 1 aliphatic heterocycles. The van der Waals surface area contributed by atoms with Crippen molar-refractivity contribution in [3.63, 3.8) is 0 Å². The first kappa shape index (κ1) is 16.5. The van der Waals surface area contributed by atoms with Crippen LogP contribution < -0.4 is 11.1 Å². The van der Waals surface area contributed by atoms with Gasteiger partial charge in [0.1, 0.15) is 0 Å². The van der Waals surface area contributed by atoms with Gasteiger partial charge in [-0.1, -0.05) is 0 Å². The Morgan fingerprint density at radius 3 is 2.96 bits per heavy atom. The van der Waals surface area contributed by atoms with Crippen LogP contribution in [0.4, 0.5) is 0 Å². The fourth-order valence-electron chi connectivity index (χ4n) is 3.56. The molecule has 3 rings (SSSR count). The van der Waals surface area contributed by atoms with E-state index in [1.54, 1.807) is 11.3 Å². The number of hydrogen-bond donors (Lipinski definition) is 2. The Morgan fingerprint density at radius 1 is 1.30 bits per heavy atom. The molecule has 0 radical (unpaired) electrons. The molecule has 2 aliphatic rings. The van der Waals surface area contributed by atoms with Crippen LogP contribution in [0.2, 0.25) is 0 Å². The SMILES string of the molecule is NCCNC(=O)C1CCCN(C(=O)c2csc3c2CCCC3)C1. The van der Waals surface area contributed by atoms with Crippen molar-refractivity contribution in [1.82, 2.24) is 10.2 Å². The van der Waals surface area contributed by atoms with E-state index in [9.17, 15) is 9.59 Å². The highest BCUT2D eigenvalue weighted by Crippen LogP contribution is 2.31. The molecule has 0 spiro atoms. The number of nitrogens with one attached hydrogen (secondary N) is 1. The van der Waals surface area contributed by atoms with Gasteiger partial charge in [0.05, 0.1) is 11.5 Å². The van der Waals surface area contributed by atoms with Crippen LogP contribution in [0, 0.1) is 5.92 Å². The molecule has 1 atom stereocenters. The number of nitrogens with two attached hydrogens (primary N) is 1. The number of amides is 2. The first-order valence-corrected chi connectivity index (χ1v) is 9.45. The van der Waals surface area contributed by atoms with Gasteiger partial charge in [-0.3, -0.25) is 9.59 Å². The molecule has 1 aromatic heterocycles. The summed E-state index contributed by atoms with van der Waals surface area (Å²) in [4.78, 5) is 28.3. The van der Waals surface area contributed by atoms with E-state index in [0.717, 1.165) is 37.8 Å². The summed E-state index contributed by atoms with van der Waals surface area (Å²) in [5, 5.41) is 4.87. The van der Waals surface area contributed by atoms with Gasteiger partial charge >= 0.3 is 0 Å². The van der Waals surface area contributed by atoms with Crippen LogP contribution in [0.25, 0.3) is 0 Å². The molecule has 1 fully saturated rings. The first-order valence-electron chi connectivity index (χ1n) is 8.57. The molecule has 2 amide bonds.